The highest BCUT2D eigenvalue weighted by molar-refractivity contribution is 5.60. The van der Waals surface area contributed by atoms with Crippen LogP contribution in [0.15, 0.2) is 30.5 Å². The van der Waals surface area contributed by atoms with Crippen molar-refractivity contribution in [2.75, 3.05) is 56.9 Å². The summed E-state index contributed by atoms with van der Waals surface area (Å²) in [5.74, 6) is 1.49. The number of piperazine rings is 1. The summed E-state index contributed by atoms with van der Waals surface area (Å²) in [6.45, 7) is 10.7. The van der Waals surface area contributed by atoms with E-state index in [1.807, 2.05) is 24.3 Å². The summed E-state index contributed by atoms with van der Waals surface area (Å²) in [6.07, 6.45) is 2.81. The maximum atomic E-state index is 4.66. The minimum absolute atomic E-state index is 0.321. The molecule has 146 valence electrons. The fourth-order valence-electron chi connectivity index (χ4n) is 2.98. The summed E-state index contributed by atoms with van der Waals surface area (Å²) < 4.78 is 0. The van der Waals surface area contributed by atoms with Gasteiger partial charge < -0.3 is 15.5 Å². The third-order valence-corrected chi connectivity index (χ3v) is 4.97. The summed E-state index contributed by atoms with van der Waals surface area (Å²) in [6, 6.07) is 8.17. The van der Waals surface area contributed by atoms with Crippen LogP contribution < -0.4 is 10.6 Å². The second-order valence-electron chi connectivity index (χ2n) is 7.20. The number of pyridine rings is 1. The average Bonchev–Trinajstić information content (AvgIpc) is 2.70. The highest BCUT2D eigenvalue weighted by Crippen LogP contribution is 2.20. The van der Waals surface area contributed by atoms with Gasteiger partial charge in [-0.2, -0.15) is 4.98 Å². The van der Waals surface area contributed by atoms with E-state index in [0.29, 0.717) is 12.0 Å². The molecule has 2 N–H and O–H groups in total. The number of rotatable bonds is 8. The average molecular weight is 370 g/mol. The lowest BCUT2D eigenvalue weighted by atomic mass is 10.2. The SMILES string of the molecule is CC[C@@H](C)Nc1nc(NCCN2CCN(C)CC2)cc(-c2ccccn2)n1. The van der Waals surface area contributed by atoms with E-state index in [9.17, 15) is 0 Å². The lowest BCUT2D eigenvalue weighted by molar-refractivity contribution is 0.158. The van der Waals surface area contributed by atoms with Crippen LogP contribution in [0.1, 0.15) is 20.3 Å². The maximum Gasteiger partial charge on any atom is 0.225 e. The molecular weight excluding hydrogens is 338 g/mol. The number of hydrogen-bond donors (Lipinski definition) is 2. The number of nitrogens with one attached hydrogen (secondary N) is 2. The topological polar surface area (TPSA) is 69.2 Å². The monoisotopic (exact) mass is 369 g/mol. The van der Waals surface area contributed by atoms with Gasteiger partial charge in [0.05, 0.1) is 11.4 Å². The van der Waals surface area contributed by atoms with E-state index in [-0.39, 0.29) is 0 Å². The summed E-state index contributed by atoms with van der Waals surface area (Å²) >= 11 is 0. The Labute approximate surface area is 162 Å². The summed E-state index contributed by atoms with van der Waals surface area (Å²) in [5, 5.41) is 6.85. The fourth-order valence-corrected chi connectivity index (χ4v) is 2.98. The van der Waals surface area contributed by atoms with E-state index in [0.717, 1.165) is 62.9 Å². The van der Waals surface area contributed by atoms with E-state index >= 15 is 0 Å². The number of nitrogens with zero attached hydrogens (tertiary/aromatic N) is 5. The van der Waals surface area contributed by atoms with Crippen LogP contribution >= 0.6 is 0 Å². The first-order chi connectivity index (χ1) is 13.1. The molecule has 3 heterocycles. The number of hydrogen-bond acceptors (Lipinski definition) is 7. The highest BCUT2D eigenvalue weighted by atomic mass is 15.3. The molecule has 27 heavy (non-hydrogen) atoms. The Morgan fingerprint density at radius 3 is 2.63 bits per heavy atom. The minimum Gasteiger partial charge on any atom is -0.369 e. The molecule has 1 saturated heterocycles. The van der Waals surface area contributed by atoms with Crippen molar-refractivity contribution in [3.63, 3.8) is 0 Å². The lowest BCUT2D eigenvalue weighted by Gasteiger charge is -2.32. The summed E-state index contributed by atoms with van der Waals surface area (Å²) in [5.41, 5.74) is 1.69. The molecule has 7 nitrogen and oxygen atoms in total. The standard InChI is InChI=1S/C20H31N7/c1-4-16(2)23-20-24-18(17-7-5-6-8-21-17)15-19(25-20)22-9-10-27-13-11-26(3)12-14-27/h5-8,15-16H,4,9-14H2,1-3H3,(H2,22,23,24,25)/t16-/m1/s1. The molecule has 0 spiro atoms. The number of likely N-dealkylation sites (N-methyl/N-ethyl adjacent to an activating group) is 1. The normalized spacial score (nSPS) is 16.9. The van der Waals surface area contributed by atoms with E-state index in [1.165, 1.54) is 0 Å². The maximum absolute atomic E-state index is 4.66. The molecule has 2 aromatic rings. The van der Waals surface area contributed by atoms with E-state index in [4.69, 9.17) is 0 Å². The predicted octanol–water partition coefficient (Wildman–Crippen LogP) is 2.41. The van der Waals surface area contributed by atoms with Gasteiger partial charge in [0.15, 0.2) is 0 Å². The smallest absolute Gasteiger partial charge is 0.225 e. The molecule has 0 aromatic carbocycles. The van der Waals surface area contributed by atoms with Crippen LogP contribution in [0.4, 0.5) is 11.8 Å². The van der Waals surface area contributed by atoms with Crippen LogP contribution in [-0.4, -0.2) is 77.1 Å². The number of aromatic nitrogens is 3. The largest absolute Gasteiger partial charge is 0.369 e. The fraction of sp³-hybridized carbons (Fsp3) is 0.550. The van der Waals surface area contributed by atoms with Crippen molar-refractivity contribution in [3.05, 3.63) is 30.5 Å². The molecule has 0 amide bonds. The predicted molar refractivity (Wildman–Crippen MR) is 111 cm³/mol. The van der Waals surface area contributed by atoms with Crippen molar-refractivity contribution in [1.29, 1.82) is 0 Å². The second kappa shape index (κ2) is 9.62. The van der Waals surface area contributed by atoms with Gasteiger partial charge in [0.1, 0.15) is 5.82 Å². The first-order valence-corrected chi connectivity index (χ1v) is 9.86. The molecule has 0 bridgehead atoms. The molecule has 0 unspecified atom stereocenters. The van der Waals surface area contributed by atoms with Gasteiger partial charge in [-0.05, 0) is 32.5 Å². The van der Waals surface area contributed by atoms with Crippen molar-refractivity contribution >= 4 is 11.8 Å². The summed E-state index contributed by atoms with van der Waals surface area (Å²) in [7, 11) is 2.18. The van der Waals surface area contributed by atoms with Crippen LogP contribution in [0.3, 0.4) is 0 Å². The van der Waals surface area contributed by atoms with E-state index < -0.39 is 0 Å². The van der Waals surface area contributed by atoms with Crippen molar-refractivity contribution in [1.82, 2.24) is 24.8 Å². The molecule has 7 heteroatoms. The first kappa shape index (κ1) is 19.5. The van der Waals surface area contributed by atoms with Gasteiger partial charge >= 0.3 is 0 Å². The van der Waals surface area contributed by atoms with Crippen LogP contribution in [0.5, 0.6) is 0 Å². The molecule has 1 aliphatic rings. The highest BCUT2D eigenvalue weighted by Gasteiger charge is 2.14. The van der Waals surface area contributed by atoms with Crippen molar-refractivity contribution < 1.29 is 0 Å². The zero-order chi connectivity index (χ0) is 19.1. The van der Waals surface area contributed by atoms with Crippen LogP contribution in [0.25, 0.3) is 11.4 Å². The van der Waals surface area contributed by atoms with Crippen LogP contribution in [0, 0.1) is 0 Å². The minimum atomic E-state index is 0.321. The van der Waals surface area contributed by atoms with E-state index in [1.54, 1.807) is 6.20 Å². The van der Waals surface area contributed by atoms with Gasteiger partial charge in [-0.25, -0.2) is 4.98 Å². The lowest BCUT2D eigenvalue weighted by Crippen LogP contribution is -2.45. The van der Waals surface area contributed by atoms with Gasteiger partial charge in [0, 0.05) is 57.6 Å². The third-order valence-electron chi connectivity index (χ3n) is 4.97. The number of anilines is 2. The Morgan fingerprint density at radius 1 is 1.11 bits per heavy atom. The molecule has 3 rings (SSSR count). The van der Waals surface area contributed by atoms with Crippen molar-refractivity contribution in [2.24, 2.45) is 0 Å². The van der Waals surface area contributed by atoms with Gasteiger partial charge in [0.25, 0.3) is 0 Å². The third kappa shape index (κ3) is 5.87. The zero-order valence-corrected chi connectivity index (χ0v) is 16.6. The van der Waals surface area contributed by atoms with Crippen LogP contribution in [-0.2, 0) is 0 Å². The molecular formula is C20H31N7. The van der Waals surface area contributed by atoms with E-state index in [2.05, 4.69) is 56.3 Å². The molecule has 0 saturated carbocycles. The molecule has 2 aromatic heterocycles. The second-order valence-corrected chi connectivity index (χ2v) is 7.20. The van der Waals surface area contributed by atoms with Gasteiger partial charge in [-0.15, -0.1) is 0 Å². The van der Waals surface area contributed by atoms with Crippen molar-refractivity contribution in [3.8, 4) is 11.4 Å². The Hall–Kier alpha value is -2.25. The molecule has 0 radical (unpaired) electrons. The molecule has 1 fully saturated rings. The van der Waals surface area contributed by atoms with Gasteiger partial charge in [-0.1, -0.05) is 13.0 Å². The Balaban J connectivity index is 1.68. The summed E-state index contributed by atoms with van der Waals surface area (Å²) in [4.78, 5) is 18.6. The Bertz CT molecular complexity index is 699. The molecule has 0 aliphatic carbocycles. The molecule has 1 aliphatic heterocycles. The zero-order valence-electron chi connectivity index (χ0n) is 16.6. The van der Waals surface area contributed by atoms with Gasteiger partial charge in [0.2, 0.25) is 5.95 Å². The Morgan fingerprint density at radius 2 is 1.93 bits per heavy atom. The quantitative estimate of drug-likeness (QED) is 0.740. The first-order valence-electron chi connectivity index (χ1n) is 9.86. The van der Waals surface area contributed by atoms with Crippen LogP contribution in [0.2, 0.25) is 0 Å². The van der Waals surface area contributed by atoms with Crippen molar-refractivity contribution in [2.45, 2.75) is 26.3 Å². The molecule has 1 atom stereocenters. The Kier molecular flexibility index (Phi) is 6.95. The van der Waals surface area contributed by atoms with Gasteiger partial charge in [-0.3, -0.25) is 9.88 Å².